The van der Waals surface area contributed by atoms with Crippen molar-refractivity contribution in [3.63, 3.8) is 0 Å². The number of rotatable bonds is 7. The second-order valence-corrected chi connectivity index (χ2v) is 3.02. The number of aliphatic hydroxyl groups excluding tert-OH is 1. The molecular formula is C9H20N2O3. The van der Waals surface area contributed by atoms with Crippen molar-refractivity contribution in [2.24, 2.45) is 0 Å². The molecule has 0 fully saturated rings. The number of ether oxygens (including phenoxy) is 1. The number of carbonyl (C=O) groups excluding carboxylic acids is 1. The number of hydrogen-bond acceptors (Lipinski definition) is 4. The van der Waals surface area contributed by atoms with Crippen molar-refractivity contribution in [1.82, 2.24) is 10.6 Å². The summed E-state index contributed by atoms with van der Waals surface area (Å²) < 4.78 is 5.06. The molecule has 1 unspecified atom stereocenters. The third-order valence-corrected chi connectivity index (χ3v) is 1.68. The second kappa shape index (κ2) is 8.77. The van der Waals surface area contributed by atoms with Crippen molar-refractivity contribution < 1.29 is 14.6 Å². The minimum absolute atomic E-state index is 0.0212. The largest absolute Gasteiger partial charge is 0.445 e. The lowest BCUT2D eigenvalue weighted by molar-refractivity contribution is 0.0811. The first-order valence-corrected chi connectivity index (χ1v) is 4.94. The van der Waals surface area contributed by atoms with E-state index in [0.29, 0.717) is 19.5 Å². The van der Waals surface area contributed by atoms with Gasteiger partial charge in [-0.25, -0.2) is 4.79 Å². The molecule has 0 aromatic carbocycles. The van der Waals surface area contributed by atoms with Crippen LogP contribution in [0.1, 0.15) is 19.8 Å². The highest BCUT2D eigenvalue weighted by atomic mass is 16.6. The molecule has 0 rings (SSSR count). The molecule has 3 N–H and O–H groups in total. The zero-order chi connectivity index (χ0) is 10.8. The molecule has 5 nitrogen and oxygen atoms in total. The first kappa shape index (κ1) is 13.2. The summed E-state index contributed by atoms with van der Waals surface area (Å²) in [7, 11) is 1.78. The quantitative estimate of drug-likeness (QED) is 0.550. The van der Waals surface area contributed by atoms with E-state index in [4.69, 9.17) is 9.84 Å². The van der Waals surface area contributed by atoms with Gasteiger partial charge in [0.15, 0.2) is 0 Å². The predicted octanol–water partition coefficient (Wildman–Crippen LogP) is 0.0930. The van der Waals surface area contributed by atoms with E-state index in [-0.39, 0.29) is 12.7 Å². The van der Waals surface area contributed by atoms with Crippen LogP contribution in [0.25, 0.3) is 0 Å². The SMILES string of the molecule is CCCNC(=O)OC(CCO)CNC. The maximum atomic E-state index is 11.1. The zero-order valence-corrected chi connectivity index (χ0v) is 8.88. The van der Waals surface area contributed by atoms with Gasteiger partial charge in [-0.1, -0.05) is 6.92 Å². The van der Waals surface area contributed by atoms with Crippen molar-refractivity contribution >= 4 is 6.09 Å². The molecule has 0 radical (unpaired) electrons. The molecule has 5 heteroatoms. The Balaban J connectivity index is 3.71. The van der Waals surface area contributed by atoms with Gasteiger partial charge in [-0.05, 0) is 13.5 Å². The van der Waals surface area contributed by atoms with Gasteiger partial charge in [-0.2, -0.15) is 0 Å². The molecule has 0 heterocycles. The van der Waals surface area contributed by atoms with Crippen LogP contribution < -0.4 is 10.6 Å². The Morgan fingerprint density at radius 1 is 1.57 bits per heavy atom. The minimum atomic E-state index is -0.416. The number of amides is 1. The van der Waals surface area contributed by atoms with E-state index in [1.165, 1.54) is 0 Å². The van der Waals surface area contributed by atoms with Crippen LogP contribution in [0.5, 0.6) is 0 Å². The van der Waals surface area contributed by atoms with Crippen molar-refractivity contribution in [2.75, 3.05) is 26.7 Å². The Morgan fingerprint density at radius 2 is 2.29 bits per heavy atom. The molecule has 0 aromatic heterocycles. The molecule has 0 aromatic rings. The normalized spacial score (nSPS) is 12.2. The van der Waals surface area contributed by atoms with E-state index in [0.717, 1.165) is 6.42 Å². The molecule has 0 saturated carbocycles. The van der Waals surface area contributed by atoms with Crippen LogP contribution in [-0.4, -0.2) is 44.0 Å². The molecule has 1 amide bonds. The van der Waals surface area contributed by atoms with Gasteiger partial charge in [0.1, 0.15) is 6.10 Å². The lowest BCUT2D eigenvalue weighted by Crippen LogP contribution is -2.35. The number of carbonyl (C=O) groups is 1. The molecule has 1 atom stereocenters. The lowest BCUT2D eigenvalue weighted by Gasteiger charge is -2.16. The van der Waals surface area contributed by atoms with Crippen LogP contribution >= 0.6 is 0 Å². The number of aliphatic hydroxyl groups is 1. The summed E-state index contributed by atoms with van der Waals surface area (Å²) in [4.78, 5) is 11.1. The van der Waals surface area contributed by atoms with Crippen LogP contribution in [0.3, 0.4) is 0 Å². The molecule has 0 spiro atoms. The van der Waals surface area contributed by atoms with Crippen LogP contribution in [0.2, 0.25) is 0 Å². The fourth-order valence-corrected chi connectivity index (χ4v) is 0.994. The maximum Gasteiger partial charge on any atom is 0.407 e. The Bertz CT molecular complexity index is 147. The van der Waals surface area contributed by atoms with Crippen LogP contribution in [0.15, 0.2) is 0 Å². The third kappa shape index (κ3) is 6.68. The minimum Gasteiger partial charge on any atom is -0.445 e. The van der Waals surface area contributed by atoms with Gasteiger partial charge in [-0.3, -0.25) is 0 Å². The van der Waals surface area contributed by atoms with Gasteiger partial charge in [0.25, 0.3) is 0 Å². The van der Waals surface area contributed by atoms with E-state index < -0.39 is 6.09 Å². The topological polar surface area (TPSA) is 70.6 Å². The summed E-state index contributed by atoms with van der Waals surface area (Å²) in [6.45, 7) is 3.16. The van der Waals surface area contributed by atoms with Gasteiger partial charge in [0, 0.05) is 26.1 Å². The molecule has 0 aliphatic carbocycles. The Kier molecular flexibility index (Phi) is 8.27. The zero-order valence-electron chi connectivity index (χ0n) is 8.88. The van der Waals surface area contributed by atoms with Gasteiger partial charge < -0.3 is 20.5 Å². The molecule has 0 saturated heterocycles. The van der Waals surface area contributed by atoms with Crippen LogP contribution in [0.4, 0.5) is 4.79 Å². The van der Waals surface area contributed by atoms with Crippen molar-refractivity contribution in [3.8, 4) is 0 Å². The first-order valence-electron chi connectivity index (χ1n) is 4.94. The number of alkyl carbamates (subject to hydrolysis) is 1. The van der Waals surface area contributed by atoms with Gasteiger partial charge in [0.05, 0.1) is 0 Å². The fourth-order valence-electron chi connectivity index (χ4n) is 0.994. The highest BCUT2D eigenvalue weighted by Crippen LogP contribution is 1.97. The Hall–Kier alpha value is -0.810. The average Bonchev–Trinajstić information content (AvgIpc) is 2.15. The highest BCUT2D eigenvalue weighted by molar-refractivity contribution is 5.67. The number of hydrogen-bond donors (Lipinski definition) is 3. The summed E-state index contributed by atoms with van der Waals surface area (Å²) >= 11 is 0. The van der Waals surface area contributed by atoms with Crippen LogP contribution in [-0.2, 0) is 4.74 Å². The van der Waals surface area contributed by atoms with Crippen molar-refractivity contribution in [2.45, 2.75) is 25.9 Å². The highest BCUT2D eigenvalue weighted by Gasteiger charge is 2.12. The number of likely N-dealkylation sites (N-methyl/N-ethyl adjacent to an activating group) is 1. The van der Waals surface area contributed by atoms with E-state index >= 15 is 0 Å². The average molecular weight is 204 g/mol. The second-order valence-electron chi connectivity index (χ2n) is 3.02. The van der Waals surface area contributed by atoms with E-state index in [1.807, 2.05) is 6.92 Å². The molecule has 0 aliphatic rings. The molecule has 0 aliphatic heterocycles. The monoisotopic (exact) mass is 204 g/mol. The fraction of sp³-hybridized carbons (Fsp3) is 0.889. The summed E-state index contributed by atoms with van der Waals surface area (Å²) in [6, 6.07) is 0. The predicted molar refractivity (Wildman–Crippen MR) is 54.2 cm³/mol. The summed E-state index contributed by atoms with van der Waals surface area (Å²) in [5.41, 5.74) is 0. The molecular weight excluding hydrogens is 184 g/mol. The molecule has 84 valence electrons. The van der Waals surface area contributed by atoms with Crippen molar-refractivity contribution in [1.29, 1.82) is 0 Å². The summed E-state index contributed by atoms with van der Waals surface area (Å²) in [5.74, 6) is 0. The summed E-state index contributed by atoms with van der Waals surface area (Å²) in [5, 5.41) is 14.2. The van der Waals surface area contributed by atoms with E-state index in [9.17, 15) is 4.79 Å². The molecule has 0 bridgehead atoms. The van der Waals surface area contributed by atoms with Gasteiger partial charge in [0.2, 0.25) is 0 Å². The maximum absolute atomic E-state index is 11.1. The smallest absolute Gasteiger partial charge is 0.407 e. The standard InChI is InChI=1S/C9H20N2O3/c1-3-5-11-9(13)14-8(4-6-12)7-10-2/h8,10,12H,3-7H2,1-2H3,(H,11,13). The van der Waals surface area contributed by atoms with Gasteiger partial charge >= 0.3 is 6.09 Å². The molecule has 14 heavy (non-hydrogen) atoms. The Morgan fingerprint density at radius 3 is 2.79 bits per heavy atom. The van der Waals surface area contributed by atoms with Gasteiger partial charge in [-0.15, -0.1) is 0 Å². The third-order valence-electron chi connectivity index (χ3n) is 1.68. The van der Waals surface area contributed by atoms with Crippen LogP contribution in [0, 0.1) is 0 Å². The first-order chi connectivity index (χ1) is 6.74. The lowest BCUT2D eigenvalue weighted by atomic mass is 10.2. The van der Waals surface area contributed by atoms with E-state index in [1.54, 1.807) is 7.05 Å². The summed E-state index contributed by atoms with van der Waals surface area (Å²) in [6.07, 6.45) is 0.661. The number of nitrogens with one attached hydrogen (secondary N) is 2. The van der Waals surface area contributed by atoms with Crippen molar-refractivity contribution in [3.05, 3.63) is 0 Å². The van der Waals surface area contributed by atoms with E-state index in [2.05, 4.69) is 10.6 Å². The Labute approximate surface area is 84.8 Å².